The molecule has 1 aliphatic rings. The maximum absolute atomic E-state index is 14.5. The van der Waals surface area contributed by atoms with Gasteiger partial charge in [0.15, 0.2) is 0 Å². The molecule has 0 N–H and O–H groups in total. The molecule has 6 heteroatoms. The van der Waals surface area contributed by atoms with Crippen molar-refractivity contribution < 1.29 is 9.13 Å². The van der Waals surface area contributed by atoms with E-state index >= 15 is 0 Å². The van der Waals surface area contributed by atoms with E-state index in [1.54, 1.807) is 0 Å². The number of aryl methyl sites for hydroxylation is 1. The topological polar surface area (TPSA) is 50.3 Å². The van der Waals surface area contributed by atoms with Gasteiger partial charge in [0, 0.05) is 23.0 Å². The predicted molar refractivity (Wildman–Crippen MR) is 115 cm³/mol. The van der Waals surface area contributed by atoms with Crippen LogP contribution in [0.4, 0.5) is 4.39 Å². The molecule has 30 heavy (non-hydrogen) atoms. The van der Waals surface area contributed by atoms with E-state index in [9.17, 15) is 9.65 Å². The van der Waals surface area contributed by atoms with Crippen LogP contribution in [0.1, 0.15) is 24.2 Å². The van der Waals surface area contributed by atoms with Gasteiger partial charge in [0.05, 0.1) is 28.7 Å². The van der Waals surface area contributed by atoms with Crippen molar-refractivity contribution >= 4 is 28.2 Å². The Hall–Kier alpha value is -2.88. The van der Waals surface area contributed by atoms with Gasteiger partial charge in [-0.3, -0.25) is 4.40 Å². The summed E-state index contributed by atoms with van der Waals surface area (Å²) in [4.78, 5) is 6.21. The van der Waals surface area contributed by atoms with E-state index in [0.29, 0.717) is 26.1 Å². The van der Waals surface area contributed by atoms with Gasteiger partial charge in [0.2, 0.25) is 0 Å². The highest BCUT2D eigenvalue weighted by Crippen LogP contribution is 2.38. The zero-order valence-electron chi connectivity index (χ0n) is 16.6. The normalized spacial score (nSPS) is 16.0. The minimum absolute atomic E-state index is 0.312. The van der Waals surface area contributed by atoms with Crippen molar-refractivity contribution in [2.75, 3.05) is 13.2 Å². The lowest BCUT2D eigenvalue weighted by molar-refractivity contribution is 0.0674. The van der Waals surface area contributed by atoms with Gasteiger partial charge in [-0.05, 0) is 73.2 Å². The van der Waals surface area contributed by atoms with Gasteiger partial charge in [-0.2, -0.15) is 5.26 Å². The average Bonchev–Trinajstić information content (AvgIpc) is 3.15. The Morgan fingerprint density at radius 3 is 2.73 bits per heavy atom. The van der Waals surface area contributed by atoms with E-state index in [1.165, 1.54) is 23.9 Å². The van der Waals surface area contributed by atoms with Gasteiger partial charge in [-0.1, -0.05) is 17.8 Å². The summed E-state index contributed by atoms with van der Waals surface area (Å²) < 4.78 is 22.0. The Labute approximate surface area is 178 Å². The zero-order valence-corrected chi connectivity index (χ0v) is 17.4. The maximum Gasteiger partial charge on any atom is 0.124 e. The first-order chi connectivity index (χ1) is 14.6. The number of rotatable bonds is 3. The predicted octanol–water partition coefficient (Wildman–Crippen LogP) is 5.66. The summed E-state index contributed by atoms with van der Waals surface area (Å²) in [6.07, 6.45) is 3.05. The molecular formula is C24H20FN3OS. The van der Waals surface area contributed by atoms with Crippen molar-refractivity contribution in [2.45, 2.75) is 35.0 Å². The lowest BCUT2D eigenvalue weighted by atomic mass is 9.75. The summed E-state index contributed by atoms with van der Waals surface area (Å²) in [6.45, 7) is 3.05. The standard InChI is InChI=1S/C24H20FN3OS/c1-16-27-14-20-3-2-17-10-21(4-5-23(17)28(16)20)30-22-12-18(11-19(25)13-22)24(15-26)6-8-29-9-7-24/h2-5,10-14H,6-9H2,1H3. The summed E-state index contributed by atoms with van der Waals surface area (Å²) in [5.41, 5.74) is 2.22. The Morgan fingerprint density at radius 1 is 1.10 bits per heavy atom. The Morgan fingerprint density at radius 2 is 1.93 bits per heavy atom. The Bertz CT molecular complexity index is 1300. The quantitative estimate of drug-likeness (QED) is 0.432. The minimum atomic E-state index is -0.677. The average molecular weight is 418 g/mol. The van der Waals surface area contributed by atoms with Crippen LogP contribution in [0, 0.1) is 24.1 Å². The highest BCUT2D eigenvalue weighted by atomic mass is 32.2. The van der Waals surface area contributed by atoms with Crippen LogP contribution < -0.4 is 0 Å². The van der Waals surface area contributed by atoms with Crippen LogP contribution >= 0.6 is 11.8 Å². The van der Waals surface area contributed by atoms with E-state index in [2.05, 4.69) is 39.7 Å². The molecule has 2 aromatic heterocycles. The minimum Gasteiger partial charge on any atom is -0.381 e. The number of benzene rings is 2. The molecule has 1 aliphatic heterocycles. The zero-order chi connectivity index (χ0) is 20.7. The molecule has 2 aromatic carbocycles. The number of pyridine rings is 1. The van der Waals surface area contributed by atoms with Crippen molar-refractivity contribution in [1.82, 2.24) is 9.38 Å². The highest BCUT2D eigenvalue weighted by Gasteiger charge is 2.35. The maximum atomic E-state index is 14.5. The molecule has 0 bridgehead atoms. The molecule has 0 atom stereocenters. The SMILES string of the molecule is Cc1ncc2ccc3cc(Sc4cc(F)cc(C5(C#N)CCOCC5)c4)ccc3n12. The van der Waals surface area contributed by atoms with Gasteiger partial charge >= 0.3 is 0 Å². The largest absolute Gasteiger partial charge is 0.381 e. The molecule has 0 radical (unpaired) electrons. The fourth-order valence-corrected chi connectivity index (χ4v) is 5.17. The number of fused-ring (bicyclic) bond motifs is 3. The number of nitriles is 1. The molecule has 4 nitrogen and oxygen atoms in total. The molecule has 150 valence electrons. The van der Waals surface area contributed by atoms with Crippen LogP contribution in [0.25, 0.3) is 16.4 Å². The summed E-state index contributed by atoms with van der Waals surface area (Å²) >= 11 is 1.51. The molecule has 1 saturated heterocycles. The summed E-state index contributed by atoms with van der Waals surface area (Å²) in [5, 5.41) is 10.9. The van der Waals surface area contributed by atoms with E-state index in [1.807, 2.05) is 25.3 Å². The molecule has 3 heterocycles. The molecule has 4 aromatic rings. The van der Waals surface area contributed by atoms with Crippen LogP contribution in [0.2, 0.25) is 0 Å². The third-order valence-corrected chi connectivity index (χ3v) is 6.82. The van der Waals surface area contributed by atoms with E-state index in [-0.39, 0.29) is 5.82 Å². The third-order valence-electron chi connectivity index (χ3n) is 5.86. The number of hydrogen-bond donors (Lipinski definition) is 0. The van der Waals surface area contributed by atoms with Crippen LogP contribution in [-0.2, 0) is 10.2 Å². The number of aromatic nitrogens is 2. The van der Waals surface area contributed by atoms with Crippen molar-refractivity contribution in [1.29, 1.82) is 5.26 Å². The number of nitrogens with zero attached hydrogens (tertiary/aromatic N) is 3. The van der Waals surface area contributed by atoms with Crippen LogP contribution in [0.5, 0.6) is 0 Å². The number of imidazole rings is 1. The number of hydrogen-bond acceptors (Lipinski definition) is 4. The fourth-order valence-electron chi connectivity index (χ4n) is 4.22. The van der Waals surface area contributed by atoms with Crippen molar-refractivity contribution in [3.63, 3.8) is 0 Å². The highest BCUT2D eigenvalue weighted by molar-refractivity contribution is 7.99. The van der Waals surface area contributed by atoms with Gasteiger partial charge in [-0.25, -0.2) is 9.37 Å². The molecule has 0 aliphatic carbocycles. The smallest absolute Gasteiger partial charge is 0.124 e. The van der Waals surface area contributed by atoms with Gasteiger partial charge < -0.3 is 4.74 Å². The lowest BCUT2D eigenvalue weighted by Gasteiger charge is -2.31. The second-order valence-electron chi connectivity index (χ2n) is 7.70. The number of ether oxygens (including phenoxy) is 1. The first-order valence-corrected chi connectivity index (χ1v) is 10.7. The van der Waals surface area contributed by atoms with Gasteiger partial charge in [0.25, 0.3) is 0 Å². The number of halogens is 1. The second-order valence-corrected chi connectivity index (χ2v) is 8.85. The molecule has 0 saturated carbocycles. The first kappa shape index (κ1) is 19.1. The van der Waals surface area contributed by atoms with Crippen LogP contribution in [-0.4, -0.2) is 22.6 Å². The molecule has 0 unspecified atom stereocenters. The van der Waals surface area contributed by atoms with Crippen molar-refractivity contribution in [3.8, 4) is 6.07 Å². The van der Waals surface area contributed by atoms with E-state index < -0.39 is 5.41 Å². The van der Waals surface area contributed by atoms with Gasteiger partial charge in [0.1, 0.15) is 11.6 Å². The summed E-state index contributed by atoms with van der Waals surface area (Å²) in [7, 11) is 0. The molecule has 5 rings (SSSR count). The monoisotopic (exact) mass is 417 g/mol. The Balaban J connectivity index is 1.52. The van der Waals surface area contributed by atoms with E-state index in [4.69, 9.17) is 4.74 Å². The molecule has 0 amide bonds. The summed E-state index contributed by atoms with van der Waals surface area (Å²) in [5.74, 6) is 0.636. The fraction of sp³-hybridized carbons (Fsp3) is 0.250. The molecule has 1 fully saturated rings. The summed E-state index contributed by atoms with van der Waals surface area (Å²) in [6, 6.07) is 17.8. The molecule has 0 spiro atoms. The van der Waals surface area contributed by atoms with Gasteiger partial charge in [-0.15, -0.1) is 0 Å². The molecular weight excluding hydrogens is 397 g/mol. The third kappa shape index (κ3) is 3.24. The van der Waals surface area contributed by atoms with Crippen LogP contribution in [0.3, 0.4) is 0 Å². The first-order valence-electron chi connectivity index (χ1n) is 9.93. The van der Waals surface area contributed by atoms with Crippen LogP contribution in [0.15, 0.2) is 64.5 Å². The second kappa shape index (κ2) is 7.42. The Kier molecular flexibility index (Phi) is 4.73. The van der Waals surface area contributed by atoms with Crippen molar-refractivity contribution in [3.05, 3.63) is 71.9 Å². The van der Waals surface area contributed by atoms with Crippen molar-refractivity contribution in [2.24, 2.45) is 0 Å². The lowest BCUT2D eigenvalue weighted by Crippen LogP contribution is -2.32. The van der Waals surface area contributed by atoms with E-state index in [0.717, 1.165) is 37.6 Å².